The SMILES string of the molecule is O=C(COc1ccc(Cl)cc1)NCc1nc(C(=O)NCCc2ccccc2F)cs1. The van der Waals surface area contributed by atoms with Crippen molar-refractivity contribution in [2.45, 2.75) is 13.0 Å². The van der Waals surface area contributed by atoms with Crippen LogP contribution in [0.1, 0.15) is 21.1 Å². The zero-order valence-electron chi connectivity index (χ0n) is 15.9. The number of carbonyl (C=O) groups excluding carboxylic acids is 2. The Morgan fingerprint density at radius 2 is 1.87 bits per heavy atom. The predicted molar refractivity (Wildman–Crippen MR) is 113 cm³/mol. The van der Waals surface area contributed by atoms with Crippen LogP contribution < -0.4 is 15.4 Å². The lowest BCUT2D eigenvalue weighted by atomic mass is 10.1. The maximum atomic E-state index is 13.6. The highest BCUT2D eigenvalue weighted by Gasteiger charge is 2.12. The Bertz CT molecular complexity index is 1010. The summed E-state index contributed by atoms with van der Waals surface area (Å²) in [5.74, 6) is -0.404. The lowest BCUT2D eigenvalue weighted by Crippen LogP contribution is -2.28. The largest absolute Gasteiger partial charge is 0.484 e. The maximum absolute atomic E-state index is 13.6. The van der Waals surface area contributed by atoms with Gasteiger partial charge in [-0.15, -0.1) is 11.3 Å². The average Bonchev–Trinajstić information content (AvgIpc) is 3.22. The molecule has 0 fully saturated rings. The third-order valence-corrected chi connectivity index (χ3v) is 5.14. The van der Waals surface area contributed by atoms with Crippen LogP contribution in [0.3, 0.4) is 0 Å². The molecule has 2 aromatic carbocycles. The van der Waals surface area contributed by atoms with Gasteiger partial charge in [-0.1, -0.05) is 29.8 Å². The number of aromatic nitrogens is 1. The van der Waals surface area contributed by atoms with Crippen LogP contribution in [0.25, 0.3) is 0 Å². The van der Waals surface area contributed by atoms with Gasteiger partial charge >= 0.3 is 0 Å². The molecule has 0 aliphatic heterocycles. The minimum absolute atomic E-state index is 0.142. The molecule has 0 saturated carbocycles. The highest BCUT2D eigenvalue weighted by molar-refractivity contribution is 7.09. The van der Waals surface area contributed by atoms with Crippen molar-refractivity contribution < 1.29 is 18.7 Å². The molecule has 6 nitrogen and oxygen atoms in total. The van der Waals surface area contributed by atoms with Gasteiger partial charge in [-0.2, -0.15) is 0 Å². The Morgan fingerprint density at radius 1 is 1.10 bits per heavy atom. The number of thiazole rings is 1. The fourth-order valence-corrected chi connectivity index (χ4v) is 3.34. The Morgan fingerprint density at radius 3 is 2.63 bits per heavy atom. The van der Waals surface area contributed by atoms with E-state index >= 15 is 0 Å². The second-order valence-corrected chi connectivity index (χ2v) is 7.62. The molecule has 0 bridgehead atoms. The van der Waals surface area contributed by atoms with Crippen LogP contribution in [0.2, 0.25) is 5.02 Å². The summed E-state index contributed by atoms with van der Waals surface area (Å²) in [5, 5.41) is 8.20. The summed E-state index contributed by atoms with van der Waals surface area (Å²) in [7, 11) is 0. The first-order chi connectivity index (χ1) is 14.5. The fraction of sp³-hybridized carbons (Fsp3) is 0.190. The van der Waals surface area contributed by atoms with Gasteiger partial charge in [0.2, 0.25) is 0 Å². The van der Waals surface area contributed by atoms with E-state index in [4.69, 9.17) is 16.3 Å². The molecule has 9 heteroatoms. The van der Waals surface area contributed by atoms with Gasteiger partial charge in [-0.05, 0) is 42.3 Å². The van der Waals surface area contributed by atoms with Crippen LogP contribution in [0, 0.1) is 5.82 Å². The van der Waals surface area contributed by atoms with Gasteiger partial charge in [0.15, 0.2) is 6.61 Å². The van der Waals surface area contributed by atoms with Crippen molar-refractivity contribution in [3.05, 3.63) is 81.0 Å². The molecule has 3 rings (SSSR count). The van der Waals surface area contributed by atoms with Crippen molar-refractivity contribution in [3.63, 3.8) is 0 Å². The number of carbonyl (C=O) groups is 2. The molecular weight excluding hydrogens is 429 g/mol. The number of hydrogen-bond acceptors (Lipinski definition) is 5. The number of nitrogens with zero attached hydrogens (tertiary/aromatic N) is 1. The van der Waals surface area contributed by atoms with Gasteiger partial charge in [-0.3, -0.25) is 9.59 Å². The summed E-state index contributed by atoms with van der Waals surface area (Å²) in [6, 6.07) is 13.1. The number of nitrogens with one attached hydrogen (secondary N) is 2. The van der Waals surface area contributed by atoms with E-state index in [1.54, 1.807) is 47.8 Å². The summed E-state index contributed by atoms with van der Waals surface area (Å²) in [5.41, 5.74) is 0.801. The number of hydrogen-bond donors (Lipinski definition) is 2. The minimum atomic E-state index is -0.341. The maximum Gasteiger partial charge on any atom is 0.270 e. The molecule has 0 atom stereocenters. The molecule has 156 valence electrons. The van der Waals surface area contributed by atoms with E-state index in [2.05, 4.69) is 15.6 Å². The fourth-order valence-electron chi connectivity index (χ4n) is 2.50. The standard InChI is InChI=1S/C21H19ClFN3O3S/c22-15-5-7-16(8-6-15)29-12-19(27)25-11-20-26-18(13-30-20)21(28)24-10-9-14-3-1-2-4-17(14)23/h1-8,13H,9-12H2,(H,24,28)(H,25,27). The van der Waals surface area contributed by atoms with Crippen molar-refractivity contribution in [1.82, 2.24) is 15.6 Å². The van der Waals surface area contributed by atoms with Crippen LogP contribution in [0.4, 0.5) is 4.39 Å². The molecule has 2 N–H and O–H groups in total. The molecular formula is C21H19ClFN3O3S. The van der Waals surface area contributed by atoms with E-state index in [1.807, 2.05) is 0 Å². The monoisotopic (exact) mass is 447 g/mol. The Hall–Kier alpha value is -2.97. The third kappa shape index (κ3) is 6.53. The first-order valence-corrected chi connectivity index (χ1v) is 10.4. The van der Waals surface area contributed by atoms with Gasteiger partial charge < -0.3 is 15.4 Å². The lowest BCUT2D eigenvalue weighted by Gasteiger charge is -2.06. The molecule has 30 heavy (non-hydrogen) atoms. The van der Waals surface area contributed by atoms with Crippen LogP contribution in [-0.2, 0) is 17.8 Å². The third-order valence-electron chi connectivity index (χ3n) is 4.04. The quantitative estimate of drug-likeness (QED) is 0.525. The first kappa shape index (κ1) is 21.7. The Labute approximate surface area is 182 Å². The summed E-state index contributed by atoms with van der Waals surface area (Å²) < 4.78 is 19.0. The van der Waals surface area contributed by atoms with Crippen LogP contribution >= 0.6 is 22.9 Å². The zero-order chi connectivity index (χ0) is 21.3. The second-order valence-electron chi connectivity index (χ2n) is 6.24. The van der Waals surface area contributed by atoms with E-state index in [0.717, 1.165) is 0 Å². The Kier molecular flexibility index (Phi) is 7.75. The molecule has 2 amide bonds. The first-order valence-electron chi connectivity index (χ1n) is 9.12. The molecule has 0 aliphatic rings. The topological polar surface area (TPSA) is 80.3 Å². The molecule has 0 radical (unpaired) electrons. The zero-order valence-corrected chi connectivity index (χ0v) is 17.4. The van der Waals surface area contributed by atoms with Crippen molar-refractivity contribution in [2.75, 3.05) is 13.2 Å². The average molecular weight is 448 g/mol. The van der Waals surface area contributed by atoms with Gasteiger partial charge in [0, 0.05) is 16.9 Å². The Balaban J connectivity index is 1.39. The van der Waals surface area contributed by atoms with Gasteiger partial charge in [-0.25, -0.2) is 9.37 Å². The normalized spacial score (nSPS) is 10.5. The highest BCUT2D eigenvalue weighted by atomic mass is 35.5. The van der Waals surface area contributed by atoms with E-state index < -0.39 is 0 Å². The summed E-state index contributed by atoms with van der Waals surface area (Å²) in [6.07, 6.45) is 0.388. The van der Waals surface area contributed by atoms with Gasteiger partial charge in [0.25, 0.3) is 11.8 Å². The molecule has 3 aromatic rings. The lowest BCUT2D eigenvalue weighted by molar-refractivity contribution is -0.123. The molecule has 0 aliphatic carbocycles. The molecule has 0 saturated heterocycles. The second kappa shape index (κ2) is 10.7. The molecule has 1 aromatic heterocycles. The van der Waals surface area contributed by atoms with Crippen LogP contribution in [0.15, 0.2) is 53.9 Å². The van der Waals surface area contributed by atoms with E-state index in [1.165, 1.54) is 17.4 Å². The van der Waals surface area contributed by atoms with Crippen molar-refractivity contribution in [3.8, 4) is 5.75 Å². The van der Waals surface area contributed by atoms with Crippen LogP contribution in [0.5, 0.6) is 5.75 Å². The molecule has 0 unspecified atom stereocenters. The van der Waals surface area contributed by atoms with Crippen molar-refractivity contribution >= 4 is 34.8 Å². The van der Waals surface area contributed by atoms with Crippen molar-refractivity contribution in [1.29, 1.82) is 0 Å². The van der Waals surface area contributed by atoms with Crippen molar-refractivity contribution in [2.24, 2.45) is 0 Å². The number of halogens is 2. The number of benzene rings is 2. The van der Waals surface area contributed by atoms with Crippen LogP contribution in [-0.4, -0.2) is 29.9 Å². The molecule has 1 heterocycles. The number of amides is 2. The summed E-state index contributed by atoms with van der Waals surface area (Å²) in [4.78, 5) is 28.3. The number of rotatable bonds is 9. The van der Waals surface area contributed by atoms with E-state index in [9.17, 15) is 14.0 Å². The summed E-state index contributed by atoms with van der Waals surface area (Å²) in [6.45, 7) is 0.345. The van der Waals surface area contributed by atoms with Gasteiger partial charge in [0.1, 0.15) is 22.3 Å². The number of ether oxygens (including phenoxy) is 1. The molecule has 0 spiro atoms. The smallest absolute Gasteiger partial charge is 0.270 e. The highest BCUT2D eigenvalue weighted by Crippen LogP contribution is 2.15. The summed E-state index contributed by atoms with van der Waals surface area (Å²) >= 11 is 7.06. The predicted octanol–water partition coefficient (Wildman–Crippen LogP) is 3.60. The van der Waals surface area contributed by atoms with E-state index in [-0.39, 0.29) is 36.5 Å². The minimum Gasteiger partial charge on any atom is -0.484 e. The van der Waals surface area contributed by atoms with Gasteiger partial charge in [0.05, 0.1) is 6.54 Å². The van der Waals surface area contributed by atoms with E-state index in [0.29, 0.717) is 34.3 Å².